The summed E-state index contributed by atoms with van der Waals surface area (Å²) in [6, 6.07) is 0. The van der Waals surface area contributed by atoms with Gasteiger partial charge in [0.05, 0.1) is 19.8 Å². The molecule has 0 saturated carbocycles. The zero-order valence-electron chi connectivity index (χ0n) is 11.3. The third-order valence-electron chi connectivity index (χ3n) is 1.55. The van der Waals surface area contributed by atoms with Crippen molar-refractivity contribution in [2.24, 2.45) is 0 Å². The highest BCUT2D eigenvalue weighted by molar-refractivity contribution is 7.45. The van der Waals surface area contributed by atoms with E-state index in [4.69, 9.17) is 28.7 Å². The number of carbonyl (C=O) groups is 1. The van der Waals surface area contributed by atoms with Crippen molar-refractivity contribution >= 4 is 13.8 Å². The molecule has 0 aromatic rings. The molecular formula is C10H23O8P. The molecule has 0 aliphatic carbocycles. The number of hydrogen-bond donors (Lipinski definition) is 3. The van der Waals surface area contributed by atoms with Gasteiger partial charge < -0.3 is 28.9 Å². The summed E-state index contributed by atoms with van der Waals surface area (Å²) in [5, 5.41) is 0. The van der Waals surface area contributed by atoms with E-state index in [2.05, 4.69) is 11.7 Å². The van der Waals surface area contributed by atoms with Crippen molar-refractivity contribution in [1.82, 2.24) is 0 Å². The van der Waals surface area contributed by atoms with Crippen LogP contribution in [0.5, 0.6) is 0 Å². The second-order valence-corrected chi connectivity index (χ2v) is 4.46. The van der Waals surface area contributed by atoms with E-state index in [1.54, 1.807) is 0 Å². The summed E-state index contributed by atoms with van der Waals surface area (Å²) in [6.07, 6.45) is 2.24. The molecule has 0 fully saturated rings. The summed E-state index contributed by atoms with van der Waals surface area (Å²) in [6.45, 7) is 6.24. The molecule has 0 spiro atoms. The fourth-order valence-corrected chi connectivity index (χ4v) is 0.813. The lowest BCUT2D eigenvalue weighted by Gasteiger charge is -2.05. The van der Waals surface area contributed by atoms with Crippen molar-refractivity contribution in [3.05, 3.63) is 0 Å². The SMILES string of the molecule is CCCCOCCOCCOC(C)=O.O=P(O)(O)O. The molecular weight excluding hydrogens is 279 g/mol. The fraction of sp³-hybridized carbons (Fsp3) is 0.900. The van der Waals surface area contributed by atoms with Crippen LogP contribution in [0.25, 0.3) is 0 Å². The minimum Gasteiger partial charge on any atom is -0.463 e. The van der Waals surface area contributed by atoms with Crippen molar-refractivity contribution in [3.63, 3.8) is 0 Å². The van der Waals surface area contributed by atoms with Crippen LogP contribution in [0.3, 0.4) is 0 Å². The first kappa shape index (κ1) is 20.8. The van der Waals surface area contributed by atoms with Crippen LogP contribution >= 0.6 is 7.82 Å². The molecule has 0 unspecified atom stereocenters. The van der Waals surface area contributed by atoms with Gasteiger partial charge in [0.2, 0.25) is 0 Å². The van der Waals surface area contributed by atoms with E-state index in [0.29, 0.717) is 26.4 Å². The smallest absolute Gasteiger partial charge is 0.463 e. The van der Waals surface area contributed by atoms with Crippen LogP contribution in [0, 0.1) is 0 Å². The Labute approximate surface area is 112 Å². The summed E-state index contributed by atoms with van der Waals surface area (Å²) < 4.78 is 24.0. The van der Waals surface area contributed by atoms with Gasteiger partial charge in [-0.2, -0.15) is 0 Å². The van der Waals surface area contributed by atoms with E-state index >= 15 is 0 Å². The Balaban J connectivity index is 0. The molecule has 0 radical (unpaired) electrons. The molecule has 0 atom stereocenters. The number of hydrogen-bond acceptors (Lipinski definition) is 5. The lowest BCUT2D eigenvalue weighted by atomic mass is 10.4. The minimum atomic E-state index is -4.64. The van der Waals surface area contributed by atoms with Gasteiger partial charge in [0.25, 0.3) is 0 Å². The summed E-state index contributed by atoms with van der Waals surface area (Å²) in [5.41, 5.74) is 0. The first-order valence-electron chi connectivity index (χ1n) is 5.84. The standard InChI is InChI=1S/C10H20O4.H3O4P/c1-3-4-5-12-6-7-13-8-9-14-10(2)11;1-5(2,3)4/h3-9H2,1-2H3;(H3,1,2,3,4). The molecule has 0 heterocycles. The molecule has 0 aromatic carbocycles. The number of ether oxygens (including phenoxy) is 3. The molecule has 0 aliphatic heterocycles. The highest BCUT2D eigenvalue weighted by atomic mass is 31.2. The molecule has 9 heteroatoms. The molecule has 3 N–H and O–H groups in total. The third-order valence-corrected chi connectivity index (χ3v) is 1.55. The Bertz CT molecular complexity index is 244. The van der Waals surface area contributed by atoms with Crippen molar-refractivity contribution in [2.45, 2.75) is 26.7 Å². The zero-order valence-corrected chi connectivity index (χ0v) is 12.2. The van der Waals surface area contributed by atoms with Crippen LogP contribution in [0.15, 0.2) is 0 Å². The first-order valence-corrected chi connectivity index (χ1v) is 7.41. The summed E-state index contributed by atoms with van der Waals surface area (Å²) >= 11 is 0. The summed E-state index contributed by atoms with van der Waals surface area (Å²) in [7, 11) is -4.64. The van der Waals surface area contributed by atoms with E-state index in [1.165, 1.54) is 6.92 Å². The van der Waals surface area contributed by atoms with Gasteiger partial charge in [0.1, 0.15) is 6.61 Å². The molecule has 116 valence electrons. The van der Waals surface area contributed by atoms with Crippen molar-refractivity contribution < 1.29 is 38.3 Å². The van der Waals surface area contributed by atoms with Gasteiger partial charge in [-0.15, -0.1) is 0 Å². The Hall–Kier alpha value is -0.500. The summed E-state index contributed by atoms with van der Waals surface area (Å²) in [4.78, 5) is 31.9. The van der Waals surface area contributed by atoms with Crippen LogP contribution in [0.4, 0.5) is 0 Å². The number of esters is 1. The van der Waals surface area contributed by atoms with Crippen LogP contribution in [0.2, 0.25) is 0 Å². The van der Waals surface area contributed by atoms with Gasteiger partial charge in [-0.3, -0.25) is 4.79 Å². The predicted octanol–water partition coefficient (Wildman–Crippen LogP) is 0.454. The van der Waals surface area contributed by atoms with Crippen molar-refractivity contribution in [2.75, 3.05) is 33.0 Å². The van der Waals surface area contributed by atoms with E-state index in [0.717, 1.165) is 19.4 Å². The van der Waals surface area contributed by atoms with E-state index < -0.39 is 7.82 Å². The Morgan fingerprint density at radius 3 is 1.84 bits per heavy atom. The topological polar surface area (TPSA) is 123 Å². The largest absolute Gasteiger partial charge is 0.466 e. The number of rotatable bonds is 9. The van der Waals surface area contributed by atoms with Crippen molar-refractivity contribution in [1.29, 1.82) is 0 Å². The van der Waals surface area contributed by atoms with Crippen LogP contribution < -0.4 is 0 Å². The molecule has 0 aliphatic rings. The maximum absolute atomic E-state index is 10.3. The molecule has 0 aromatic heterocycles. The van der Waals surface area contributed by atoms with Gasteiger partial charge in [0, 0.05) is 13.5 Å². The lowest BCUT2D eigenvalue weighted by molar-refractivity contribution is -0.142. The molecule has 0 amide bonds. The maximum atomic E-state index is 10.3. The second-order valence-electron chi connectivity index (χ2n) is 3.43. The molecule has 0 bridgehead atoms. The molecule has 0 saturated heterocycles. The number of carbonyl (C=O) groups excluding carboxylic acids is 1. The highest BCUT2D eigenvalue weighted by Crippen LogP contribution is 2.25. The van der Waals surface area contributed by atoms with E-state index in [1.807, 2.05) is 0 Å². The third kappa shape index (κ3) is 38.1. The van der Waals surface area contributed by atoms with E-state index in [9.17, 15) is 4.79 Å². The molecule has 19 heavy (non-hydrogen) atoms. The van der Waals surface area contributed by atoms with Crippen LogP contribution in [-0.2, 0) is 23.6 Å². The monoisotopic (exact) mass is 302 g/mol. The van der Waals surface area contributed by atoms with Gasteiger partial charge in [0.15, 0.2) is 0 Å². The average Bonchev–Trinajstić information content (AvgIpc) is 2.24. The van der Waals surface area contributed by atoms with Crippen LogP contribution in [-0.4, -0.2) is 53.7 Å². The lowest BCUT2D eigenvalue weighted by Crippen LogP contribution is -2.11. The van der Waals surface area contributed by atoms with Gasteiger partial charge in [-0.05, 0) is 6.42 Å². The number of unbranched alkanes of at least 4 members (excludes halogenated alkanes) is 1. The first-order chi connectivity index (χ1) is 8.77. The molecule has 0 rings (SSSR count). The average molecular weight is 302 g/mol. The highest BCUT2D eigenvalue weighted by Gasteiger charge is 2.00. The van der Waals surface area contributed by atoms with Crippen LogP contribution in [0.1, 0.15) is 26.7 Å². The molecule has 8 nitrogen and oxygen atoms in total. The Morgan fingerprint density at radius 2 is 1.42 bits per heavy atom. The fourth-order valence-electron chi connectivity index (χ4n) is 0.813. The number of phosphoric acid groups is 1. The summed E-state index contributed by atoms with van der Waals surface area (Å²) in [5.74, 6) is -0.271. The quantitative estimate of drug-likeness (QED) is 0.319. The van der Waals surface area contributed by atoms with Gasteiger partial charge in [-0.1, -0.05) is 13.3 Å². The van der Waals surface area contributed by atoms with Gasteiger partial charge >= 0.3 is 13.8 Å². The minimum absolute atomic E-state index is 0.271. The van der Waals surface area contributed by atoms with Gasteiger partial charge in [-0.25, -0.2) is 4.57 Å². The second kappa shape index (κ2) is 13.9. The zero-order chi connectivity index (χ0) is 15.1. The normalized spacial score (nSPS) is 10.6. The van der Waals surface area contributed by atoms with E-state index in [-0.39, 0.29) is 5.97 Å². The maximum Gasteiger partial charge on any atom is 0.466 e. The van der Waals surface area contributed by atoms with Crippen molar-refractivity contribution in [3.8, 4) is 0 Å². The Kier molecular flexibility index (Phi) is 15.2. The predicted molar refractivity (Wildman–Crippen MR) is 67.4 cm³/mol. The Morgan fingerprint density at radius 1 is 1.00 bits per heavy atom.